The van der Waals surface area contributed by atoms with Crippen LogP contribution in [0.2, 0.25) is 0 Å². The highest BCUT2D eigenvalue weighted by atomic mass is 32.1. The molecular weight excluding hydrogens is 365 g/mol. The minimum Gasteiger partial charge on any atom is -0.324 e. The molecule has 0 unspecified atom stereocenters. The quantitative estimate of drug-likeness (QED) is 0.611. The Labute approximate surface area is 157 Å². The second-order valence-electron chi connectivity index (χ2n) is 7.13. The van der Waals surface area contributed by atoms with Gasteiger partial charge in [-0.3, -0.25) is 4.57 Å². The number of thiophene rings is 1. The van der Waals surface area contributed by atoms with Crippen molar-refractivity contribution in [3.8, 4) is 11.1 Å². The van der Waals surface area contributed by atoms with E-state index in [-0.39, 0.29) is 6.16 Å². The number of aromatic nitrogens is 1. The normalized spacial score (nSPS) is 14.6. The molecule has 0 saturated carbocycles. The molecule has 2 heterocycles. The fourth-order valence-corrected chi connectivity index (χ4v) is 5.99. The van der Waals surface area contributed by atoms with E-state index in [0.717, 1.165) is 46.3 Å². The summed E-state index contributed by atoms with van der Waals surface area (Å²) in [4.78, 5) is 26.4. The van der Waals surface area contributed by atoms with Gasteiger partial charge in [0.25, 0.3) is 0 Å². The summed E-state index contributed by atoms with van der Waals surface area (Å²) in [5.41, 5.74) is 5.89. The summed E-state index contributed by atoms with van der Waals surface area (Å²) in [6.07, 6.45) is 4.20. The van der Waals surface area contributed by atoms with Gasteiger partial charge < -0.3 is 9.79 Å². The Morgan fingerprint density at radius 2 is 1.81 bits per heavy atom. The van der Waals surface area contributed by atoms with Crippen molar-refractivity contribution in [2.75, 3.05) is 0 Å². The molecular formula is C20H22NO3PS. The van der Waals surface area contributed by atoms with Crippen LogP contribution in [0.1, 0.15) is 40.1 Å². The van der Waals surface area contributed by atoms with Gasteiger partial charge in [0.05, 0.1) is 6.16 Å². The molecule has 26 heavy (non-hydrogen) atoms. The largest absolute Gasteiger partial charge is 0.330 e. The molecule has 4 nitrogen and oxygen atoms in total. The lowest BCUT2D eigenvalue weighted by Crippen LogP contribution is -2.02. The first kappa shape index (κ1) is 17.9. The van der Waals surface area contributed by atoms with Gasteiger partial charge in [-0.15, -0.1) is 11.3 Å². The highest BCUT2D eigenvalue weighted by Crippen LogP contribution is 2.47. The molecule has 1 aliphatic rings. The van der Waals surface area contributed by atoms with Gasteiger partial charge >= 0.3 is 7.60 Å². The summed E-state index contributed by atoms with van der Waals surface area (Å²) >= 11 is 1.75. The van der Waals surface area contributed by atoms with Gasteiger partial charge in [-0.25, -0.2) is 4.98 Å². The van der Waals surface area contributed by atoms with Crippen LogP contribution in [-0.4, -0.2) is 14.8 Å². The molecule has 2 aromatic heterocycles. The molecule has 0 amide bonds. The van der Waals surface area contributed by atoms with Crippen LogP contribution in [-0.2, 0) is 23.6 Å². The molecule has 0 spiro atoms. The van der Waals surface area contributed by atoms with E-state index in [1.54, 1.807) is 11.3 Å². The summed E-state index contributed by atoms with van der Waals surface area (Å²) in [7, 11) is -4.20. The zero-order valence-electron chi connectivity index (χ0n) is 15.0. The van der Waals surface area contributed by atoms with Gasteiger partial charge in [0.1, 0.15) is 4.83 Å². The fraction of sp³-hybridized carbons (Fsp3) is 0.350. The molecule has 2 N–H and O–H groups in total. The van der Waals surface area contributed by atoms with Gasteiger partial charge in [-0.2, -0.15) is 0 Å². The molecule has 0 atom stereocenters. The first-order valence-electron chi connectivity index (χ1n) is 8.89. The minimum atomic E-state index is -4.20. The third-order valence-electron chi connectivity index (χ3n) is 5.11. The maximum absolute atomic E-state index is 11.8. The SMILES string of the molecule is Cc1ccc(-c2c(CP(=O)(O)O)c(C)nc3sc4c(c23)CCCC4)cc1. The van der Waals surface area contributed by atoms with Gasteiger partial charge in [-0.05, 0) is 61.8 Å². The van der Waals surface area contributed by atoms with Gasteiger partial charge in [-0.1, -0.05) is 29.8 Å². The Hall–Kier alpha value is -1.52. The Morgan fingerprint density at radius 1 is 1.12 bits per heavy atom. The number of aryl methyl sites for hydroxylation is 4. The van der Waals surface area contributed by atoms with Crippen molar-refractivity contribution >= 4 is 29.1 Å². The molecule has 0 saturated heterocycles. The Morgan fingerprint density at radius 3 is 2.50 bits per heavy atom. The number of pyridine rings is 1. The van der Waals surface area contributed by atoms with Gasteiger partial charge in [0.2, 0.25) is 0 Å². The van der Waals surface area contributed by atoms with E-state index < -0.39 is 7.60 Å². The van der Waals surface area contributed by atoms with E-state index in [1.165, 1.54) is 22.4 Å². The predicted octanol–water partition coefficient (Wildman–Crippen LogP) is 5.14. The molecule has 1 aromatic carbocycles. The maximum atomic E-state index is 11.8. The van der Waals surface area contributed by atoms with Crippen molar-refractivity contribution in [3.63, 3.8) is 0 Å². The van der Waals surface area contributed by atoms with E-state index in [9.17, 15) is 14.4 Å². The van der Waals surface area contributed by atoms with Crippen molar-refractivity contribution in [2.45, 2.75) is 45.7 Å². The van der Waals surface area contributed by atoms with Crippen LogP contribution in [0.25, 0.3) is 21.3 Å². The molecule has 0 aliphatic heterocycles. The van der Waals surface area contributed by atoms with E-state index in [2.05, 4.69) is 24.3 Å². The lowest BCUT2D eigenvalue weighted by molar-refractivity contribution is 0.371. The average Bonchev–Trinajstić information content (AvgIpc) is 2.93. The van der Waals surface area contributed by atoms with Crippen LogP contribution < -0.4 is 0 Å². The van der Waals surface area contributed by atoms with Crippen molar-refractivity contribution in [3.05, 3.63) is 51.5 Å². The fourth-order valence-electron chi connectivity index (χ4n) is 3.88. The highest BCUT2D eigenvalue weighted by Gasteiger charge is 2.26. The first-order valence-corrected chi connectivity index (χ1v) is 11.5. The smallest absolute Gasteiger partial charge is 0.324 e. The van der Waals surface area contributed by atoms with Crippen molar-refractivity contribution < 1.29 is 14.4 Å². The van der Waals surface area contributed by atoms with Gasteiger partial charge in [0, 0.05) is 16.0 Å². The van der Waals surface area contributed by atoms with Crippen molar-refractivity contribution in [1.82, 2.24) is 4.98 Å². The highest BCUT2D eigenvalue weighted by molar-refractivity contribution is 7.50. The van der Waals surface area contributed by atoms with Crippen LogP contribution in [0.15, 0.2) is 24.3 Å². The number of fused-ring (bicyclic) bond motifs is 3. The van der Waals surface area contributed by atoms with Gasteiger partial charge in [0.15, 0.2) is 0 Å². The third-order valence-corrected chi connectivity index (χ3v) is 7.03. The summed E-state index contributed by atoms with van der Waals surface area (Å²) in [5.74, 6) is 0. The van der Waals surface area contributed by atoms with E-state index >= 15 is 0 Å². The van der Waals surface area contributed by atoms with E-state index in [4.69, 9.17) is 4.98 Å². The summed E-state index contributed by atoms with van der Waals surface area (Å²) in [5, 5.41) is 1.11. The zero-order chi connectivity index (χ0) is 18.5. The topological polar surface area (TPSA) is 70.4 Å². The molecule has 1 aliphatic carbocycles. The number of hydrogen-bond donors (Lipinski definition) is 2. The molecule has 0 radical (unpaired) electrons. The number of benzene rings is 1. The van der Waals surface area contributed by atoms with Crippen molar-refractivity contribution in [2.24, 2.45) is 0 Å². The Bertz CT molecular complexity index is 1030. The third kappa shape index (κ3) is 3.25. The zero-order valence-corrected chi connectivity index (χ0v) is 16.7. The Kier molecular flexibility index (Phi) is 4.52. The number of nitrogens with zero attached hydrogens (tertiary/aromatic N) is 1. The molecule has 136 valence electrons. The van der Waals surface area contributed by atoms with Crippen molar-refractivity contribution in [1.29, 1.82) is 0 Å². The molecule has 3 aromatic rings. The van der Waals surface area contributed by atoms with E-state index in [1.807, 2.05) is 13.8 Å². The second kappa shape index (κ2) is 6.58. The number of hydrogen-bond acceptors (Lipinski definition) is 3. The minimum absolute atomic E-state index is 0.268. The summed E-state index contributed by atoms with van der Waals surface area (Å²) in [6.45, 7) is 3.90. The van der Waals surface area contributed by atoms with E-state index in [0.29, 0.717) is 5.56 Å². The lowest BCUT2D eigenvalue weighted by Gasteiger charge is -2.17. The van der Waals surface area contributed by atoms with Crippen LogP contribution in [0.3, 0.4) is 0 Å². The summed E-state index contributed by atoms with van der Waals surface area (Å²) in [6, 6.07) is 8.22. The molecule has 4 rings (SSSR count). The molecule has 0 bridgehead atoms. The Balaban J connectivity index is 2.08. The molecule has 0 fully saturated rings. The van der Waals surface area contributed by atoms with Crippen LogP contribution in [0.5, 0.6) is 0 Å². The monoisotopic (exact) mass is 387 g/mol. The molecule has 6 heteroatoms. The average molecular weight is 387 g/mol. The first-order chi connectivity index (χ1) is 12.3. The standard InChI is InChI=1S/C20H22NO3PS/c1-12-7-9-14(10-8-12)18-16(11-25(22,23)24)13(2)21-20-19(18)15-5-3-4-6-17(15)26-20/h7-10H,3-6,11H2,1-2H3,(H2,22,23,24). The van der Waals surface area contributed by atoms with Crippen LogP contribution >= 0.6 is 18.9 Å². The lowest BCUT2D eigenvalue weighted by atomic mass is 9.90. The maximum Gasteiger partial charge on any atom is 0.330 e. The van der Waals surface area contributed by atoms with Crippen LogP contribution in [0, 0.1) is 13.8 Å². The predicted molar refractivity (Wildman–Crippen MR) is 107 cm³/mol. The summed E-state index contributed by atoms with van der Waals surface area (Å²) < 4.78 is 11.8. The second-order valence-corrected chi connectivity index (χ2v) is 9.86. The van der Waals surface area contributed by atoms with Crippen LogP contribution in [0.4, 0.5) is 0 Å². The number of rotatable bonds is 3.